The van der Waals surface area contributed by atoms with E-state index in [4.69, 9.17) is 8.85 Å². The molecule has 0 spiro atoms. The van der Waals surface area contributed by atoms with Gasteiger partial charge in [0.2, 0.25) is 0 Å². The third kappa shape index (κ3) is 6.86. The Bertz CT molecular complexity index is 1280. The zero-order chi connectivity index (χ0) is 34.0. The Labute approximate surface area is 281 Å². The number of allylic oxidation sites excluding steroid dienone is 5. The van der Waals surface area contributed by atoms with E-state index in [1.54, 1.807) is 16.7 Å². The smallest absolute Gasteiger partial charge is 0.194 e. The largest absolute Gasteiger partial charge is 0.414 e. The molecule has 45 heavy (non-hydrogen) atoms. The predicted octanol–water partition coefficient (Wildman–Crippen LogP) is 12.3. The summed E-state index contributed by atoms with van der Waals surface area (Å²) in [5, 5.41) is 0.452. The Morgan fingerprint density at radius 1 is 0.867 bits per heavy atom. The van der Waals surface area contributed by atoms with E-state index < -0.39 is 22.2 Å². The highest BCUT2D eigenvalue weighted by Gasteiger charge is 2.55. The van der Waals surface area contributed by atoms with E-state index in [1.165, 1.54) is 32.1 Å². The molecule has 4 aliphatic rings. The first-order valence-corrected chi connectivity index (χ1v) is 24.2. The zero-order valence-electron chi connectivity index (χ0n) is 32.4. The van der Waals surface area contributed by atoms with E-state index in [1.807, 2.05) is 0 Å². The predicted molar refractivity (Wildman–Crippen MR) is 200 cm³/mol. The van der Waals surface area contributed by atoms with Crippen LogP contribution in [0, 0.1) is 46.3 Å². The molecule has 0 amide bonds. The van der Waals surface area contributed by atoms with E-state index in [0.717, 1.165) is 12.8 Å². The highest BCUT2D eigenvalue weighted by molar-refractivity contribution is 6.74. The van der Waals surface area contributed by atoms with Crippen molar-refractivity contribution in [2.45, 2.75) is 176 Å². The molecule has 0 N–H and O–H groups in total. The van der Waals surface area contributed by atoms with Crippen LogP contribution in [0.25, 0.3) is 0 Å². The van der Waals surface area contributed by atoms with Crippen molar-refractivity contribution in [3.63, 3.8) is 0 Å². The van der Waals surface area contributed by atoms with Gasteiger partial charge in [-0.25, -0.2) is 0 Å². The highest BCUT2D eigenvalue weighted by atomic mass is 28.4. The van der Waals surface area contributed by atoms with Gasteiger partial charge in [0, 0.05) is 12.5 Å². The molecule has 0 aromatic rings. The Morgan fingerprint density at radius 3 is 2.09 bits per heavy atom. The first kappa shape index (κ1) is 37.0. The van der Waals surface area contributed by atoms with Gasteiger partial charge in [-0.2, -0.15) is 0 Å². The van der Waals surface area contributed by atoms with Gasteiger partial charge in [-0.1, -0.05) is 116 Å². The van der Waals surface area contributed by atoms with Crippen molar-refractivity contribution in [2.75, 3.05) is 0 Å². The molecule has 0 aliphatic heterocycles. The summed E-state index contributed by atoms with van der Waals surface area (Å²) in [4.78, 5) is 0. The summed E-state index contributed by atoms with van der Waals surface area (Å²) in [5.41, 5.74) is 5.23. The second-order valence-corrected chi connectivity index (χ2v) is 28.7. The van der Waals surface area contributed by atoms with Gasteiger partial charge in [0.25, 0.3) is 0 Å². The van der Waals surface area contributed by atoms with Crippen molar-refractivity contribution in [3.05, 3.63) is 34.9 Å². The lowest BCUT2D eigenvalue weighted by molar-refractivity contribution is 0.0646. The Kier molecular flexibility index (Phi) is 10.0. The quantitative estimate of drug-likeness (QED) is 0.148. The van der Waals surface area contributed by atoms with Crippen LogP contribution in [0.2, 0.25) is 36.3 Å². The molecule has 0 bridgehead atoms. The molecular formula is C41H70O2Si2. The van der Waals surface area contributed by atoms with Crippen LogP contribution >= 0.6 is 0 Å². The number of hydrogen-bond donors (Lipinski definition) is 0. The summed E-state index contributed by atoms with van der Waals surface area (Å²) in [6, 6.07) is 0. The van der Waals surface area contributed by atoms with Crippen molar-refractivity contribution >= 4 is 16.6 Å². The van der Waals surface area contributed by atoms with Crippen LogP contribution in [0.3, 0.4) is 0 Å². The molecule has 6 atom stereocenters. The molecule has 2 nitrogen and oxygen atoms in total. The summed E-state index contributed by atoms with van der Waals surface area (Å²) < 4.78 is 13.8. The minimum Gasteiger partial charge on any atom is -0.414 e. The topological polar surface area (TPSA) is 18.5 Å². The van der Waals surface area contributed by atoms with Crippen LogP contribution in [0.5, 0.6) is 0 Å². The molecule has 4 rings (SSSR count). The highest BCUT2D eigenvalue weighted by Crippen LogP contribution is 2.64. The van der Waals surface area contributed by atoms with E-state index in [0.29, 0.717) is 35.2 Å². The SMILES string of the molecule is CC(C)C(C)(C)[Si](C)(C)O[C@H]1CC[C@@]2(C)C(=CC=C3[C@@H]2CC[C@]2(C)C([C@H](C)CC#CC(C)(C)O[Si](C)(C)C(C)(C)C)=CC[C@@H]32)C1. The van der Waals surface area contributed by atoms with Crippen LogP contribution in [0.15, 0.2) is 34.9 Å². The van der Waals surface area contributed by atoms with Gasteiger partial charge in [-0.15, -0.1) is 0 Å². The molecule has 0 aromatic heterocycles. The van der Waals surface area contributed by atoms with Gasteiger partial charge in [0.15, 0.2) is 16.6 Å². The van der Waals surface area contributed by atoms with Crippen molar-refractivity contribution in [3.8, 4) is 11.8 Å². The summed E-state index contributed by atoms with van der Waals surface area (Å²) in [6.45, 7) is 38.0. The average Bonchev–Trinajstić information content (AvgIpc) is 3.24. The van der Waals surface area contributed by atoms with E-state index in [2.05, 4.69) is 139 Å². The lowest BCUT2D eigenvalue weighted by Gasteiger charge is -2.55. The molecule has 254 valence electrons. The number of hydrogen-bond acceptors (Lipinski definition) is 2. The monoisotopic (exact) mass is 650 g/mol. The van der Waals surface area contributed by atoms with Crippen LogP contribution in [0.4, 0.5) is 0 Å². The van der Waals surface area contributed by atoms with Gasteiger partial charge in [0.1, 0.15) is 5.60 Å². The number of fused-ring (bicyclic) bond motifs is 5. The van der Waals surface area contributed by atoms with Crippen LogP contribution in [-0.4, -0.2) is 28.3 Å². The second kappa shape index (κ2) is 12.2. The summed E-state index contributed by atoms with van der Waals surface area (Å²) >= 11 is 0. The summed E-state index contributed by atoms with van der Waals surface area (Å²) in [7, 11) is -3.72. The Hall–Kier alpha value is -0.866. The van der Waals surface area contributed by atoms with E-state index in [-0.39, 0.29) is 15.5 Å². The van der Waals surface area contributed by atoms with Crippen LogP contribution in [0.1, 0.15) is 128 Å². The van der Waals surface area contributed by atoms with Crippen molar-refractivity contribution < 1.29 is 8.85 Å². The van der Waals surface area contributed by atoms with Crippen molar-refractivity contribution in [2.24, 2.45) is 34.5 Å². The fraction of sp³-hybridized carbons (Fsp3) is 0.805. The normalized spacial score (nSPS) is 31.6. The lowest BCUT2D eigenvalue weighted by Crippen LogP contribution is -2.50. The maximum Gasteiger partial charge on any atom is 0.194 e. The molecule has 0 aromatic carbocycles. The lowest BCUT2D eigenvalue weighted by atomic mass is 9.50. The maximum atomic E-state index is 7.10. The van der Waals surface area contributed by atoms with Gasteiger partial charge in [-0.3, -0.25) is 0 Å². The fourth-order valence-electron chi connectivity index (χ4n) is 9.06. The van der Waals surface area contributed by atoms with Gasteiger partial charge >= 0.3 is 0 Å². The zero-order valence-corrected chi connectivity index (χ0v) is 34.4. The standard InChI is InChI=1S/C41H70O2Si2/c1-29(2)39(9,10)45(15,16)42-32-23-26-40(11)31(28-32)19-20-33-35-22-21-34(41(35,12)27-24-36(33)40)30(3)18-17-25-38(7,8)43-44(13,14)37(4,5)6/h19-21,29-30,32,35-36H,18,22-24,26-28H2,1-16H3/t30-,32+,35+,36+,40+,41-/m1/s1. The van der Waals surface area contributed by atoms with Gasteiger partial charge in [-0.05, 0) is 123 Å². The minimum absolute atomic E-state index is 0.188. The van der Waals surface area contributed by atoms with Crippen LogP contribution < -0.4 is 0 Å². The second-order valence-electron chi connectivity index (χ2n) is 19.4. The third-order valence-electron chi connectivity index (χ3n) is 14.3. The Morgan fingerprint density at radius 2 is 1.49 bits per heavy atom. The maximum absolute atomic E-state index is 7.10. The van der Waals surface area contributed by atoms with Crippen molar-refractivity contribution in [1.29, 1.82) is 0 Å². The molecule has 0 unspecified atom stereocenters. The number of rotatable bonds is 8. The first-order chi connectivity index (χ1) is 20.4. The van der Waals surface area contributed by atoms with E-state index in [9.17, 15) is 0 Å². The molecule has 2 fully saturated rings. The fourth-order valence-corrected chi connectivity index (χ4v) is 13.4. The molecule has 4 heteroatoms. The van der Waals surface area contributed by atoms with Gasteiger partial charge < -0.3 is 8.85 Å². The van der Waals surface area contributed by atoms with E-state index >= 15 is 0 Å². The molecule has 0 radical (unpaired) electrons. The molecule has 4 aliphatic carbocycles. The average molecular weight is 651 g/mol. The molecule has 2 saturated carbocycles. The third-order valence-corrected chi connectivity index (χ3v) is 23.5. The molecule has 0 saturated heterocycles. The molecule has 0 heterocycles. The van der Waals surface area contributed by atoms with Crippen LogP contribution in [-0.2, 0) is 8.85 Å². The molecular weight excluding hydrogens is 581 g/mol. The van der Waals surface area contributed by atoms with Crippen molar-refractivity contribution in [1.82, 2.24) is 0 Å². The minimum atomic E-state index is -1.87. The first-order valence-electron chi connectivity index (χ1n) is 18.4. The van der Waals surface area contributed by atoms with Gasteiger partial charge in [0.05, 0.1) is 0 Å². The summed E-state index contributed by atoms with van der Waals surface area (Å²) in [6.07, 6.45) is 16.4. The summed E-state index contributed by atoms with van der Waals surface area (Å²) in [5.74, 6) is 9.59. The Balaban J connectivity index is 1.46.